The Kier molecular flexibility index (Phi) is 5.34. The van der Waals surface area contributed by atoms with E-state index in [9.17, 15) is 4.79 Å². The molecule has 0 aliphatic carbocycles. The highest BCUT2D eigenvalue weighted by Crippen LogP contribution is 2.32. The number of thioether (sulfide) groups is 1. The predicted molar refractivity (Wildman–Crippen MR) is 87.6 cm³/mol. The molecular formula is C15H17NO2S2. The second-order valence-electron chi connectivity index (χ2n) is 4.59. The lowest BCUT2D eigenvalue weighted by atomic mass is 10.1. The summed E-state index contributed by atoms with van der Waals surface area (Å²) in [4.78, 5) is 14.6. The molecular weight excluding hydrogens is 290 g/mol. The first-order valence-corrected chi connectivity index (χ1v) is 7.65. The maximum atomic E-state index is 12.3. The fraction of sp³-hybridized carbons (Fsp3) is 0.333. The predicted octanol–water partition coefficient (Wildman–Crippen LogP) is 3.23. The van der Waals surface area contributed by atoms with Gasteiger partial charge in [-0.2, -0.15) is 0 Å². The fourth-order valence-corrected chi connectivity index (χ4v) is 3.18. The average Bonchev–Trinajstić information content (AvgIpc) is 2.69. The number of amides is 1. The minimum absolute atomic E-state index is 0.00308. The Hall–Kier alpha value is -1.17. The number of carbonyl (C=O) groups excluding carboxylic acids is 1. The van der Waals surface area contributed by atoms with E-state index in [2.05, 4.69) is 0 Å². The van der Waals surface area contributed by atoms with Crippen molar-refractivity contribution >= 4 is 40.3 Å². The van der Waals surface area contributed by atoms with E-state index in [4.69, 9.17) is 17.0 Å². The first kappa shape index (κ1) is 15.2. The quantitative estimate of drug-likeness (QED) is 0.474. The standard InChI is InChI=1S/C15H17NO2S2/c1-11-4-6-12(7-5-11)10-13-14(17)16(15(19)20-13)8-3-9-18-2/h4-7,10H,3,8-9H2,1-2H3. The zero-order chi connectivity index (χ0) is 14.5. The van der Waals surface area contributed by atoms with Gasteiger partial charge in [-0.1, -0.05) is 53.8 Å². The lowest BCUT2D eigenvalue weighted by Gasteiger charge is -2.13. The Morgan fingerprint density at radius 2 is 2.05 bits per heavy atom. The van der Waals surface area contributed by atoms with Crippen molar-refractivity contribution in [2.24, 2.45) is 0 Å². The molecule has 1 aliphatic rings. The van der Waals surface area contributed by atoms with Gasteiger partial charge in [0.05, 0.1) is 4.91 Å². The number of benzene rings is 1. The third-order valence-corrected chi connectivity index (χ3v) is 4.36. The van der Waals surface area contributed by atoms with Crippen LogP contribution in [-0.4, -0.2) is 35.4 Å². The Morgan fingerprint density at radius 1 is 1.35 bits per heavy atom. The molecule has 1 aromatic rings. The number of hydrogen-bond acceptors (Lipinski definition) is 4. The largest absolute Gasteiger partial charge is 0.385 e. The van der Waals surface area contributed by atoms with E-state index in [1.165, 1.54) is 17.3 Å². The number of aryl methyl sites for hydroxylation is 1. The van der Waals surface area contributed by atoms with Gasteiger partial charge in [0.2, 0.25) is 0 Å². The van der Waals surface area contributed by atoms with Crippen molar-refractivity contribution < 1.29 is 9.53 Å². The molecule has 1 amide bonds. The summed E-state index contributed by atoms with van der Waals surface area (Å²) >= 11 is 6.63. The first-order valence-electron chi connectivity index (χ1n) is 6.43. The highest BCUT2D eigenvalue weighted by Gasteiger charge is 2.31. The van der Waals surface area contributed by atoms with Crippen molar-refractivity contribution in [3.05, 3.63) is 40.3 Å². The van der Waals surface area contributed by atoms with E-state index in [-0.39, 0.29) is 5.91 Å². The Labute approximate surface area is 129 Å². The molecule has 0 saturated carbocycles. The molecule has 1 saturated heterocycles. The highest BCUT2D eigenvalue weighted by atomic mass is 32.2. The van der Waals surface area contributed by atoms with E-state index in [1.807, 2.05) is 37.3 Å². The Morgan fingerprint density at radius 3 is 2.70 bits per heavy atom. The van der Waals surface area contributed by atoms with E-state index < -0.39 is 0 Å². The first-order chi connectivity index (χ1) is 9.61. The molecule has 0 N–H and O–H groups in total. The molecule has 0 spiro atoms. The molecule has 5 heteroatoms. The molecule has 20 heavy (non-hydrogen) atoms. The van der Waals surface area contributed by atoms with E-state index in [1.54, 1.807) is 12.0 Å². The van der Waals surface area contributed by atoms with Crippen LogP contribution in [0, 0.1) is 6.92 Å². The van der Waals surface area contributed by atoms with Crippen LogP contribution in [-0.2, 0) is 9.53 Å². The van der Waals surface area contributed by atoms with Crippen LogP contribution in [0.25, 0.3) is 6.08 Å². The fourth-order valence-electron chi connectivity index (χ4n) is 1.87. The maximum Gasteiger partial charge on any atom is 0.266 e. The lowest BCUT2D eigenvalue weighted by Crippen LogP contribution is -2.29. The van der Waals surface area contributed by atoms with Crippen LogP contribution in [0.2, 0.25) is 0 Å². The number of thiocarbonyl (C=S) groups is 1. The summed E-state index contributed by atoms with van der Waals surface area (Å²) in [6, 6.07) is 8.08. The summed E-state index contributed by atoms with van der Waals surface area (Å²) in [5.74, 6) is -0.00308. The van der Waals surface area contributed by atoms with Crippen molar-refractivity contribution in [1.82, 2.24) is 4.90 Å². The van der Waals surface area contributed by atoms with Crippen LogP contribution in [0.15, 0.2) is 29.2 Å². The normalized spacial score (nSPS) is 17.3. The number of ether oxygens (including phenoxy) is 1. The monoisotopic (exact) mass is 307 g/mol. The summed E-state index contributed by atoms with van der Waals surface area (Å²) in [5, 5.41) is 0. The van der Waals surface area contributed by atoms with E-state index >= 15 is 0 Å². The minimum atomic E-state index is -0.00308. The van der Waals surface area contributed by atoms with Crippen LogP contribution >= 0.6 is 24.0 Å². The maximum absolute atomic E-state index is 12.3. The Balaban J connectivity index is 2.09. The van der Waals surface area contributed by atoms with Gasteiger partial charge < -0.3 is 4.74 Å². The number of nitrogens with zero attached hydrogens (tertiary/aromatic N) is 1. The summed E-state index contributed by atoms with van der Waals surface area (Å²) in [5.41, 5.74) is 2.22. The smallest absolute Gasteiger partial charge is 0.266 e. The SMILES string of the molecule is COCCCN1C(=O)C(=Cc2ccc(C)cc2)SC1=S. The molecule has 0 aromatic heterocycles. The number of carbonyl (C=O) groups is 1. The molecule has 3 nitrogen and oxygen atoms in total. The molecule has 0 unspecified atom stereocenters. The lowest BCUT2D eigenvalue weighted by molar-refractivity contribution is -0.122. The van der Waals surface area contributed by atoms with Gasteiger partial charge in [-0.3, -0.25) is 9.69 Å². The van der Waals surface area contributed by atoms with Crippen LogP contribution < -0.4 is 0 Å². The van der Waals surface area contributed by atoms with Crippen molar-refractivity contribution in [3.8, 4) is 0 Å². The average molecular weight is 307 g/mol. The molecule has 1 aromatic carbocycles. The number of hydrogen-bond donors (Lipinski definition) is 0. The number of rotatable bonds is 5. The van der Waals surface area contributed by atoms with E-state index in [0.717, 1.165) is 12.0 Å². The van der Waals surface area contributed by atoms with Crippen LogP contribution in [0.1, 0.15) is 17.5 Å². The van der Waals surface area contributed by atoms with Crippen molar-refractivity contribution in [2.75, 3.05) is 20.3 Å². The molecule has 1 aliphatic heterocycles. The molecule has 2 rings (SSSR count). The molecule has 1 fully saturated rings. The second kappa shape index (κ2) is 7.02. The van der Waals surface area contributed by atoms with Gasteiger partial charge in [-0.05, 0) is 25.0 Å². The molecule has 0 radical (unpaired) electrons. The zero-order valence-corrected chi connectivity index (χ0v) is 13.2. The van der Waals surface area contributed by atoms with Crippen LogP contribution in [0.4, 0.5) is 0 Å². The summed E-state index contributed by atoms with van der Waals surface area (Å²) in [6.07, 6.45) is 2.69. The molecule has 0 bridgehead atoms. The third-order valence-electron chi connectivity index (χ3n) is 2.98. The second-order valence-corrected chi connectivity index (χ2v) is 6.27. The van der Waals surface area contributed by atoms with Crippen molar-refractivity contribution in [2.45, 2.75) is 13.3 Å². The van der Waals surface area contributed by atoms with Gasteiger partial charge >= 0.3 is 0 Å². The summed E-state index contributed by atoms with van der Waals surface area (Å²) < 4.78 is 5.63. The number of methoxy groups -OCH3 is 1. The Bertz CT molecular complexity index is 537. The van der Waals surface area contributed by atoms with Crippen LogP contribution in [0.3, 0.4) is 0 Å². The topological polar surface area (TPSA) is 29.5 Å². The van der Waals surface area contributed by atoms with Crippen molar-refractivity contribution in [3.63, 3.8) is 0 Å². The van der Waals surface area contributed by atoms with Crippen molar-refractivity contribution in [1.29, 1.82) is 0 Å². The van der Waals surface area contributed by atoms with Gasteiger partial charge in [0, 0.05) is 20.3 Å². The van der Waals surface area contributed by atoms with E-state index in [0.29, 0.717) is 22.4 Å². The van der Waals surface area contributed by atoms with Gasteiger partial charge in [0.25, 0.3) is 5.91 Å². The third kappa shape index (κ3) is 3.69. The molecule has 0 atom stereocenters. The summed E-state index contributed by atoms with van der Waals surface area (Å²) in [6.45, 7) is 3.29. The van der Waals surface area contributed by atoms with Gasteiger partial charge in [0.1, 0.15) is 4.32 Å². The zero-order valence-electron chi connectivity index (χ0n) is 11.6. The van der Waals surface area contributed by atoms with Crippen LogP contribution in [0.5, 0.6) is 0 Å². The highest BCUT2D eigenvalue weighted by molar-refractivity contribution is 8.26. The van der Waals surface area contributed by atoms with Gasteiger partial charge in [0.15, 0.2) is 0 Å². The molecule has 1 heterocycles. The summed E-state index contributed by atoms with van der Waals surface area (Å²) in [7, 11) is 1.65. The molecule has 106 valence electrons. The minimum Gasteiger partial charge on any atom is -0.385 e. The van der Waals surface area contributed by atoms with Gasteiger partial charge in [-0.15, -0.1) is 0 Å². The van der Waals surface area contributed by atoms with Gasteiger partial charge in [-0.25, -0.2) is 0 Å².